The van der Waals surface area contributed by atoms with E-state index in [1.165, 1.54) is 11.3 Å². The number of nitrogens with zero attached hydrogens (tertiary/aromatic N) is 2. The minimum Gasteiger partial charge on any atom is -0.507 e. The van der Waals surface area contributed by atoms with Crippen molar-refractivity contribution in [2.24, 2.45) is 0 Å². The van der Waals surface area contributed by atoms with Gasteiger partial charge in [0.25, 0.3) is 11.7 Å². The van der Waals surface area contributed by atoms with Gasteiger partial charge in [-0.1, -0.05) is 18.7 Å². The summed E-state index contributed by atoms with van der Waals surface area (Å²) >= 11 is 1.46. The molecule has 3 heterocycles. The summed E-state index contributed by atoms with van der Waals surface area (Å²) in [6.45, 7) is 5.09. The first-order valence-corrected chi connectivity index (χ1v) is 11.2. The van der Waals surface area contributed by atoms with Crippen molar-refractivity contribution in [3.8, 4) is 5.75 Å². The summed E-state index contributed by atoms with van der Waals surface area (Å²) in [5, 5.41) is 13.0. The van der Waals surface area contributed by atoms with E-state index in [-0.39, 0.29) is 11.3 Å². The molecule has 4 rings (SSSR count). The van der Waals surface area contributed by atoms with Gasteiger partial charge >= 0.3 is 0 Å². The molecular formula is C24H24N3O4S+. The van der Waals surface area contributed by atoms with Crippen molar-refractivity contribution in [1.82, 2.24) is 9.88 Å². The number of ketones is 1. The molecule has 7 nitrogen and oxygen atoms in total. The maximum atomic E-state index is 13.0. The summed E-state index contributed by atoms with van der Waals surface area (Å²) in [7, 11) is 0. The number of thiophene rings is 1. The lowest BCUT2D eigenvalue weighted by atomic mass is 10.00. The molecule has 1 amide bonds. The Morgan fingerprint density at radius 1 is 1.28 bits per heavy atom. The smallest absolute Gasteiger partial charge is 0.295 e. The van der Waals surface area contributed by atoms with Gasteiger partial charge in [-0.2, -0.15) is 0 Å². The number of nitrogens with one attached hydrogen (secondary N) is 1. The Balaban J connectivity index is 1.64. The summed E-state index contributed by atoms with van der Waals surface area (Å²) in [6, 6.07) is 9.93. The standard InChI is InChI=1S/C24H23N3O4S/c1-2-14-31-18-8-6-17(7-9-18)22(28)20-21(19-5-3-15-32-19)27(24(30)23(20)29)12-4-11-26-13-10-25-16-26/h2-3,5-10,13,15-16,21H,1,4,11-12,14H2,(H,28,29)/p+1. The van der Waals surface area contributed by atoms with E-state index in [2.05, 4.69) is 11.6 Å². The Kier molecular flexibility index (Phi) is 6.51. The Hall–Kier alpha value is -3.65. The van der Waals surface area contributed by atoms with Crippen LogP contribution in [0.1, 0.15) is 22.9 Å². The number of aromatic amines is 1. The van der Waals surface area contributed by atoms with E-state index in [4.69, 9.17) is 4.74 Å². The number of rotatable bonds is 9. The number of benzene rings is 1. The number of H-pyrrole nitrogens is 1. The number of aliphatic hydroxyl groups excluding tert-OH is 1. The second-order valence-electron chi connectivity index (χ2n) is 7.33. The molecule has 2 N–H and O–H groups in total. The topological polar surface area (TPSA) is 86.5 Å². The molecule has 164 valence electrons. The molecule has 1 unspecified atom stereocenters. The van der Waals surface area contributed by atoms with Gasteiger partial charge in [0.2, 0.25) is 6.33 Å². The van der Waals surface area contributed by atoms with Gasteiger partial charge in [-0.05, 0) is 35.7 Å². The first kappa shape index (κ1) is 21.6. The van der Waals surface area contributed by atoms with Crippen molar-refractivity contribution in [2.75, 3.05) is 13.2 Å². The van der Waals surface area contributed by atoms with Crippen molar-refractivity contribution in [1.29, 1.82) is 0 Å². The molecule has 1 aromatic carbocycles. The lowest BCUT2D eigenvalue weighted by Gasteiger charge is -2.23. The Morgan fingerprint density at radius 3 is 2.75 bits per heavy atom. The number of carbonyl (C=O) groups is 2. The molecule has 0 saturated carbocycles. The van der Waals surface area contributed by atoms with Crippen molar-refractivity contribution in [2.45, 2.75) is 19.0 Å². The maximum Gasteiger partial charge on any atom is 0.295 e. The van der Waals surface area contributed by atoms with Crippen LogP contribution in [0.25, 0.3) is 5.76 Å². The minimum absolute atomic E-state index is 0.117. The monoisotopic (exact) mass is 450 g/mol. The van der Waals surface area contributed by atoms with E-state index in [0.29, 0.717) is 37.4 Å². The fourth-order valence-electron chi connectivity index (χ4n) is 3.76. The highest BCUT2D eigenvalue weighted by atomic mass is 32.1. The third-order valence-corrected chi connectivity index (χ3v) is 6.19. The maximum absolute atomic E-state index is 13.0. The molecule has 0 aliphatic carbocycles. The summed E-state index contributed by atoms with van der Waals surface area (Å²) in [4.78, 5) is 31.3. The Labute approximate surface area is 189 Å². The van der Waals surface area contributed by atoms with Crippen LogP contribution in [0.3, 0.4) is 0 Å². The van der Waals surface area contributed by atoms with Gasteiger partial charge in [0, 0.05) is 23.4 Å². The van der Waals surface area contributed by atoms with Gasteiger partial charge in [-0.15, -0.1) is 11.3 Å². The molecule has 1 saturated heterocycles. The number of aliphatic hydroxyl groups is 1. The fourth-order valence-corrected chi connectivity index (χ4v) is 4.60. The third-order valence-electron chi connectivity index (χ3n) is 5.27. The van der Waals surface area contributed by atoms with E-state index < -0.39 is 17.7 Å². The number of amides is 1. The first-order valence-electron chi connectivity index (χ1n) is 10.3. The zero-order valence-electron chi connectivity index (χ0n) is 17.4. The fraction of sp³-hybridized carbons (Fsp3) is 0.208. The van der Waals surface area contributed by atoms with Gasteiger partial charge in [-0.3, -0.25) is 14.6 Å². The highest BCUT2D eigenvalue weighted by Gasteiger charge is 2.46. The van der Waals surface area contributed by atoms with Gasteiger partial charge in [0.15, 0.2) is 0 Å². The average molecular weight is 451 g/mol. The quantitative estimate of drug-likeness (QED) is 0.172. The summed E-state index contributed by atoms with van der Waals surface area (Å²) in [5.74, 6) is -0.810. The normalized spacial score (nSPS) is 17.6. The molecule has 1 aliphatic rings. The van der Waals surface area contributed by atoms with E-state index in [1.807, 2.05) is 40.8 Å². The predicted octanol–water partition coefficient (Wildman–Crippen LogP) is 3.44. The number of hydrogen-bond donors (Lipinski definition) is 2. The van der Waals surface area contributed by atoms with Crippen LogP contribution in [-0.2, 0) is 16.1 Å². The van der Waals surface area contributed by atoms with Crippen molar-refractivity contribution in [3.05, 3.63) is 89.2 Å². The Morgan fingerprint density at radius 2 is 2.09 bits per heavy atom. The van der Waals surface area contributed by atoms with E-state index in [1.54, 1.807) is 35.2 Å². The molecule has 2 aromatic heterocycles. The number of carbonyl (C=O) groups excluding carboxylic acids is 2. The first-order chi connectivity index (χ1) is 15.6. The average Bonchev–Trinajstić information content (AvgIpc) is 3.56. The van der Waals surface area contributed by atoms with E-state index in [9.17, 15) is 14.7 Å². The molecule has 8 heteroatoms. The zero-order valence-corrected chi connectivity index (χ0v) is 18.3. The highest BCUT2D eigenvalue weighted by molar-refractivity contribution is 7.10. The summed E-state index contributed by atoms with van der Waals surface area (Å²) in [5.41, 5.74) is 0.574. The lowest BCUT2D eigenvalue weighted by Crippen LogP contribution is -2.35. The minimum atomic E-state index is -0.665. The summed E-state index contributed by atoms with van der Waals surface area (Å²) in [6.07, 6.45) is 7.89. The van der Waals surface area contributed by atoms with E-state index >= 15 is 0 Å². The SMILES string of the molecule is C=CCOc1ccc(/C(O)=C2\C(=O)C(=O)N(CCC[n+]3cc[nH]c3)C2c2cccs2)cc1. The molecule has 0 bridgehead atoms. The molecule has 3 aromatic rings. The second kappa shape index (κ2) is 9.65. The number of imidazole rings is 1. The summed E-state index contributed by atoms with van der Waals surface area (Å²) < 4.78 is 7.46. The van der Waals surface area contributed by atoms with Gasteiger partial charge < -0.3 is 14.7 Å². The number of hydrogen-bond acceptors (Lipinski definition) is 5. The number of aryl methyl sites for hydroxylation is 1. The highest BCUT2D eigenvalue weighted by Crippen LogP contribution is 2.41. The van der Waals surface area contributed by atoms with Crippen LogP contribution in [0.2, 0.25) is 0 Å². The van der Waals surface area contributed by atoms with Crippen LogP contribution in [0.5, 0.6) is 5.75 Å². The van der Waals surface area contributed by atoms with E-state index in [0.717, 1.165) is 4.88 Å². The molecule has 32 heavy (non-hydrogen) atoms. The van der Waals surface area contributed by atoms with Crippen molar-refractivity contribution in [3.63, 3.8) is 0 Å². The number of likely N-dealkylation sites (tertiary alicyclic amines) is 1. The second-order valence-corrected chi connectivity index (χ2v) is 8.31. The molecule has 1 fully saturated rings. The number of Topliss-reactive ketones (excluding diaryl/α,β-unsaturated/α-hetero) is 1. The molecule has 0 spiro atoms. The van der Waals surface area contributed by atoms with Gasteiger partial charge in [-0.25, -0.2) is 4.57 Å². The van der Waals surface area contributed by atoms with Crippen LogP contribution in [0.15, 0.2) is 78.7 Å². The van der Waals surface area contributed by atoms with Crippen molar-refractivity contribution >= 4 is 28.8 Å². The van der Waals surface area contributed by atoms with Crippen LogP contribution < -0.4 is 9.30 Å². The molecule has 1 atom stereocenters. The number of aromatic nitrogens is 2. The lowest BCUT2D eigenvalue weighted by molar-refractivity contribution is -0.695. The molecule has 0 radical (unpaired) electrons. The van der Waals surface area contributed by atoms with Crippen molar-refractivity contribution < 1.29 is 24.0 Å². The van der Waals surface area contributed by atoms with Gasteiger partial charge in [0.05, 0.1) is 18.2 Å². The Bertz CT molecular complexity index is 1120. The van der Waals surface area contributed by atoms with Gasteiger partial charge in [0.1, 0.15) is 30.5 Å². The zero-order chi connectivity index (χ0) is 22.5. The van der Waals surface area contributed by atoms with Crippen LogP contribution >= 0.6 is 11.3 Å². The van der Waals surface area contributed by atoms with Crippen LogP contribution in [0, 0.1) is 0 Å². The molecular weight excluding hydrogens is 426 g/mol. The van der Waals surface area contributed by atoms with Crippen LogP contribution in [-0.4, -0.2) is 39.8 Å². The van der Waals surface area contributed by atoms with Crippen LogP contribution in [0.4, 0.5) is 0 Å². The third kappa shape index (κ3) is 4.36. The number of ether oxygens (including phenoxy) is 1. The largest absolute Gasteiger partial charge is 0.507 e. The predicted molar refractivity (Wildman–Crippen MR) is 121 cm³/mol. The molecule has 1 aliphatic heterocycles.